The monoisotopic (exact) mass is 377 g/mol. The number of rotatable bonds is 4. The van der Waals surface area contributed by atoms with E-state index < -0.39 is 0 Å². The summed E-state index contributed by atoms with van der Waals surface area (Å²) in [5.74, 6) is 1.55. The van der Waals surface area contributed by atoms with Gasteiger partial charge in [-0.1, -0.05) is 43.3 Å². The van der Waals surface area contributed by atoms with Gasteiger partial charge in [-0.2, -0.15) is 0 Å². The van der Waals surface area contributed by atoms with E-state index in [1.807, 2.05) is 42.5 Å². The lowest BCUT2D eigenvalue weighted by molar-refractivity contribution is 0.0503. The lowest BCUT2D eigenvalue weighted by Gasteiger charge is -2.17. The Labute approximate surface area is 161 Å². The molecule has 1 fully saturated rings. The van der Waals surface area contributed by atoms with Crippen molar-refractivity contribution in [2.75, 3.05) is 12.1 Å². The van der Waals surface area contributed by atoms with Crippen molar-refractivity contribution in [1.82, 2.24) is 9.97 Å². The number of ether oxygens (including phenoxy) is 2. The van der Waals surface area contributed by atoms with Gasteiger partial charge in [-0.15, -0.1) is 11.3 Å². The van der Waals surface area contributed by atoms with Gasteiger partial charge >= 0.3 is 0 Å². The number of benzene rings is 1. The molecule has 1 saturated heterocycles. The van der Waals surface area contributed by atoms with Gasteiger partial charge in [0.1, 0.15) is 29.6 Å². The maximum absolute atomic E-state index is 5.61. The number of fused-ring (bicyclic) bond motifs is 2. The van der Waals surface area contributed by atoms with Crippen LogP contribution in [0.3, 0.4) is 0 Å². The van der Waals surface area contributed by atoms with Gasteiger partial charge in [0.2, 0.25) is 0 Å². The number of hydrogen-bond donors (Lipinski definition) is 1. The first-order chi connectivity index (χ1) is 13.3. The summed E-state index contributed by atoms with van der Waals surface area (Å²) >= 11 is 1.72. The van der Waals surface area contributed by atoms with Crippen molar-refractivity contribution in [3.05, 3.63) is 65.2 Å². The molecule has 1 aliphatic carbocycles. The molecule has 2 aromatic heterocycles. The second-order valence-corrected chi connectivity index (χ2v) is 7.65. The highest BCUT2D eigenvalue weighted by Crippen LogP contribution is 2.33. The Kier molecular flexibility index (Phi) is 4.24. The number of aryl methyl sites for hydroxylation is 1. The van der Waals surface area contributed by atoms with Crippen molar-refractivity contribution >= 4 is 27.4 Å². The van der Waals surface area contributed by atoms with Crippen LogP contribution in [0.15, 0.2) is 60.3 Å². The summed E-state index contributed by atoms with van der Waals surface area (Å²) < 4.78 is 11.1. The van der Waals surface area contributed by atoms with E-state index in [0.29, 0.717) is 6.79 Å². The average Bonchev–Trinajstić information content (AvgIpc) is 3.34. The van der Waals surface area contributed by atoms with Gasteiger partial charge in [0.05, 0.1) is 5.39 Å². The fraction of sp³-hybridized carbons (Fsp3) is 0.238. The number of nitrogens with zero attached hydrogens (tertiary/aromatic N) is 2. The van der Waals surface area contributed by atoms with Gasteiger partial charge in [-0.05, 0) is 24.6 Å². The third-order valence-electron chi connectivity index (χ3n) is 4.74. The maximum Gasteiger partial charge on any atom is 0.163 e. The zero-order valence-electron chi connectivity index (χ0n) is 14.9. The smallest absolute Gasteiger partial charge is 0.163 e. The van der Waals surface area contributed by atoms with Crippen LogP contribution < -0.4 is 5.32 Å². The van der Waals surface area contributed by atoms with Gasteiger partial charge in [0, 0.05) is 16.1 Å². The van der Waals surface area contributed by atoms with Crippen molar-refractivity contribution in [2.24, 2.45) is 0 Å². The van der Waals surface area contributed by atoms with Gasteiger partial charge in [-0.3, -0.25) is 0 Å². The number of hydrogen-bond acceptors (Lipinski definition) is 6. The van der Waals surface area contributed by atoms with Crippen LogP contribution in [0.5, 0.6) is 0 Å². The van der Waals surface area contributed by atoms with E-state index in [1.54, 1.807) is 11.3 Å². The molecule has 136 valence electrons. The van der Waals surface area contributed by atoms with Crippen molar-refractivity contribution in [3.63, 3.8) is 0 Å². The quantitative estimate of drug-likeness (QED) is 0.724. The minimum absolute atomic E-state index is 0.00805. The second kappa shape index (κ2) is 6.88. The Hall–Kier alpha value is -2.54. The third-order valence-corrected chi connectivity index (χ3v) is 5.91. The molecule has 1 aromatic carbocycles. The van der Waals surface area contributed by atoms with E-state index in [2.05, 4.69) is 24.4 Å². The van der Waals surface area contributed by atoms with Crippen LogP contribution in [0.25, 0.3) is 21.6 Å². The molecule has 2 unspecified atom stereocenters. The largest absolute Gasteiger partial charge is 0.345 e. The van der Waals surface area contributed by atoms with Crippen LogP contribution in [0, 0.1) is 0 Å². The van der Waals surface area contributed by atoms with Crippen molar-refractivity contribution in [1.29, 1.82) is 0 Å². The lowest BCUT2D eigenvalue weighted by Crippen LogP contribution is -2.22. The molecule has 0 saturated carbocycles. The van der Waals surface area contributed by atoms with Crippen LogP contribution in [0.1, 0.15) is 11.8 Å². The molecule has 1 aliphatic heterocycles. The Balaban J connectivity index is 1.57. The predicted molar refractivity (Wildman–Crippen MR) is 108 cm³/mol. The summed E-state index contributed by atoms with van der Waals surface area (Å²) in [6.45, 7) is 2.50. The third kappa shape index (κ3) is 3.16. The number of nitrogens with one attached hydrogen (secondary N) is 1. The molecular weight excluding hydrogens is 358 g/mol. The SMILES string of the molecule is CCc1cc2c(NC3=CC4OCOC4C=C3)nc(-c3ccccc3)nc2s1. The highest BCUT2D eigenvalue weighted by molar-refractivity contribution is 7.18. The van der Waals surface area contributed by atoms with Crippen LogP contribution in [0.4, 0.5) is 5.82 Å². The number of allylic oxidation sites excluding steroid dienone is 1. The first-order valence-corrected chi connectivity index (χ1v) is 9.88. The summed E-state index contributed by atoms with van der Waals surface area (Å²) in [5, 5.41) is 4.53. The molecule has 1 N–H and O–H groups in total. The van der Waals surface area contributed by atoms with Gasteiger partial charge < -0.3 is 14.8 Å². The fourth-order valence-corrected chi connectivity index (χ4v) is 4.27. The first-order valence-electron chi connectivity index (χ1n) is 9.06. The predicted octanol–water partition coefficient (Wildman–Crippen LogP) is 4.53. The van der Waals surface area contributed by atoms with E-state index in [-0.39, 0.29) is 12.2 Å². The molecule has 5 nitrogen and oxygen atoms in total. The summed E-state index contributed by atoms with van der Waals surface area (Å²) in [5.41, 5.74) is 1.97. The van der Waals surface area contributed by atoms with Crippen LogP contribution in [0.2, 0.25) is 0 Å². The van der Waals surface area contributed by atoms with Gasteiger partial charge in [-0.25, -0.2) is 9.97 Å². The van der Waals surface area contributed by atoms with Gasteiger partial charge in [0.15, 0.2) is 5.82 Å². The summed E-state index contributed by atoms with van der Waals surface area (Å²) in [6, 6.07) is 12.3. The molecule has 3 aromatic rings. The molecule has 2 aliphatic rings. The molecule has 3 heterocycles. The van der Waals surface area contributed by atoms with E-state index in [9.17, 15) is 0 Å². The highest BCUT2D eigenvalue weighted by Gasteiger charge is 2.28. The Morgan fingerprint density at radius 1 is 1.15 bits per heavy atom. The van der Waals surface area contributed by atoms with Crippen molar-refractivity contribution in [3.8, 4) is 11.4 Å². The van der Waals surface area contributed by atoms with Crippen molar-refractivity contribution in [2.45, 2.75) is 25.6 Å². The number of thiophene rings is 1. The van der Waals surface area contributed by atoms with E-state index >= 15 is 0 Å². The molecule has 27 heavy (non-hydrogen) atoms. The first kappa shape index (κ1) is 16.6. The molecular formula is C21H19N3O2S. The second-order valence-electron chi connectivity index (χ2n) is 6.53. The lowest BCUT2D eigenvalue weighted by atomic mass is 10.1. The zero-order valence-corrected chi connectivity index (χ0v) is 15.7. The Morgan fingerprint density at radius 2 is 2.00 bits per heavy atom. The molecule has 2 atom stereocenters. The number of anilines is 1. The molecule has 0 amide bonds. The summed E-state index contributed by atoms with van der Waals surface area (Å²) in [7, 11) is 0. The molecule has 0 radical (unpaired) electrons. The van der Waals surface area contributed by atoms with Crippen LogP contribution in [-0.2, 0) is 15.9 Å². The minimum Gasteiger partial charge on any atom is -0.345 e. The fourth-order valence-electron chi connectivity index (χ4n) is 3.30. The minimum atomic E-state index is -0.0444. The van der Waals surface area contributed by atoms with E-state index in [1.165, 1.54) is 4.88 Å². The maximum atomic E-state index is 5.61. The van der Waals surface area contributed by atoms with E-state index in [0.717, 1.165) is 39.5 Å². The zero-order chi connectivity index (χ0) is 18.2. The summed E-state index contributed by atoms with van der Waals surface area (Å²) in [4.78, 5) is 11.9. The molecule has 6 heteroatoms. The van der Waals surface area contributed by atoms with Crippen LogP contribution >= 0.6 is 11.3 Å². The van der Waals surface area contributed by atoms with Gasteiger partial charge in [0.25, 0.3) is 0 Å². The van der Waals surface area contributed by atoms with Crippen molar-refractivity contribution < 1.29 is 9.47 Å². The molecule has 5 rings (SSSR count). The normalized spacial score (nSPS) is 21.3. The molecule has 0 bridgehead atoms. The standard InChI is InChI=1S/C21H19N3O2S/c1-2-15-11-16-20(22-14-8-9-17-18(10-14)26-12-25-17)23-19(24-21(16)27-15)13-6-4-3-5-7-13/h3-11,17-18H,2,12H2,1H3,(H,22,23,24). The number of aromatic nitrogens is 2. The topological polar surface area (TPSA) is 56.3 Å². The highest BCUT2D eigenvalue weighted by atomic mass is 32.1. The average molecular weight is 377 g/mol. The van der Waals surface area contributed by atoms with Crippen LogP contribution in [-0.4, -0.2) is 29.0 Å². The Morgan fingerprint density at radius 3 is 2.85 bits per heavy atom. The molecule has 0 spiro atoms. The van der Waals surface area contributed by atoms with E-state index in [4.69, 9.17) is 19.4 Å². The Bertz CT molecular complexity index is 1040. The summed E-state index contributed by atoms with van der Waals surface area (Å²) in [6.07, 6.45) is 7.06.